The Hall–Kier alpha value is -3.21. The van der Waals surface area contributed by atoms with Crippen molar-refractivity contribution < 1.29 is 22.6 Å². The topological polar surface area (TPSA) is 34.6 Å². The van der Waals surface area contributed by atoms with Crippen LogP contribution in [-0.2, 0) is 0 Å². The third-order valence-corrected chi connectivity index (χ3v) is 5.56. The summed E-state index contributed by atoms with van der Waals surface area (Å²) >= 11 is 5.92. The van der Waals surface area contributed by atoms with Crippen molar-refractivity contribution in [1.82, 2.24) is 9.88 Å². The van der Waals surface area contributed by atoms with Crippen LogP contribution in [0.15, 0.2) is 60.8 Å². The average molecular weight is 487 g/mol. The second-order valence-electron chi connectivity index (χ2n) is 7.80. The number of likely N-dealkylation sites (tertiary alicyclic amines) is 1. The maximum absolute atomic E-state index is 12.9. The quantitative estimate of drug-likeness (QED) is 0.390. The van der Waals surface area contributed by atoms with Gasteiger partial charge >= 0.3 is 6.36 Å². The number of halogens is 4. The van der Waals surface area contributed by atoms with Gasteiger partial charge in [0.2, 0.25) is 0 Å². The van der Waals surface area contributed by atoms with E-state index in [2.05, 4.69) is 26.5 Å². The summed E-state index contributed by atoms with van der Waals surface area (Å²) in [6, 6.07) is 15.3. The van der Waals surface area contributed by atoms with Crippen molar-refractivity contribution in [2.45, 2.75) is 19.2 Å². The van der Waals surface area contributed by atoms with Gasteiger partial charge in [-0.1, -0.05) is 35.7 Å². The van der Waals surface area contributed by atoms with Gasteiger partial charge in [0.25, 0.3) is 0 Å². The molecule has 1 fully saturated rings. The number of aromatic nitrogens is 1. The highest BCUT2D eigenvalue weighted by Crippen LogP contribution is 2.33. The number of hydrogen-bond acceptors (Lipinski definition) is 4. The monoisotopic (exact) mass is 486 g/mol. The first-order valence-corrected chi connectivity index (χ1v) is 11.2. The molecule has 0 bridgehead atoms. The molecule has 0 aliphatic carbocycles. The maximum Gasteiger partial charge on any atom is 0.573 e. The molecule has 3 aromatic rings. The van der Waals surface area contributed by atoms with Crippen LogP contribution in [0.1, 0.15) is 24.1 Å². The van der Waals surface area contributed by atoms with Crippen molar-refractivity contribution in [3.05, 3.63) is 77.1 Å². The molecule has 0 atom stereocenters. The molecule has 0 amide bonds. The zero-order valence-electron chi connectivity index (χ0n) is 18.2. The largest absolute Gasteiger partial charge is 0.573 e. The van der Waals surface area contributed by atoms with Crippen molar-refractivity contribution in [1.29, 1.82) is 0 Å². The lowest BCUT2D eigenvalue weighted by Gasteiger charge is -2.17. The van der Waals surface area contributed by atoms with Gasteiger partial charge in [0, 0.05) is 35.0 Å². The Balaban J connectivity index is 1.47. The molecule has 34 heavy (non-hydrogen) atoms. The van der Waals surface area contributed by atoms with Gasteiger partial charge in [-0.05, 0) is 67.7 Å². The average Bonchev–Trinajstić information content (AvgIpc) is 3.32. The minimum atomic E-state index is -4.84. The molecule has 2 aromatic carbocycles. The second-order valence-corrected chi connectivity index (χ2v) is 8.23. The van der Waals surface area contributed by atoms with E-state index in [1.807, 2.05) is 18.2 Å². The SMILES string of the molecule is FC(F)(F)Oc1cc(C#Cc2ccc(-c3ccc(Cl)cc3)cn2)ccc1OCCN1CCCC1. The third kappa shape index (κ3) is 6.89. The lowest BCUT2D eigenvalue weighted by atomic mass is 10.1. The summed E-state index contributed by atoms with van der Waals surface area (Å²) in [5.74, 6) is 5.34. The first kappa shape index (κ1) is 23.9. The maximum atomic E-state index is 12.9. The lowest BCUT2D eigenvalue weighted by Crippen LogP contribution is -2.25. The molecule has 1 saturated heterocycles. The first-order chi connectivity index (χ1) is 16.4. The first-order valence-electron chi connectivity index (χ1n) is 10.8. The minimum absolute atomic E-state index is 0.0347. The number of hydrogen-bond donors (Lipinski definition) is 0. The zero-order chi connectivity index (χ0) is 24.0. The van der Waals surface area contributed by atoms with Crippen LogP contribution in [-0.4, -0.2) is 42.5 Å². The van der Waals surface area contributed by atoms with Gasteiger partial charge in [-0.15, -0.1) is 13.2 Å². The molecule has 0 saturated carbocycles. The van der Waals surface area contributed by atoms with Gasteiger partial charge in [-0.3, -0.25) is 4.90 Å². The van der Waals surface area contributed by atoms with Crippen LogP contribution in [0, 0.1) is 11.8 Å². The number of alkyl halides is 3. The summed E-state index contributed by atoms with van der Waals surface area (Å²) in [6.07, 6.45) is -0.885. The molecule has 0 N–H and O–H groups in total. The molecule has 0 radical (unpaired) electrons. The van der Waals surface area contributed by atoms with Crippen LogP contribution in [0.4, 0.5) is 13.2 Å². The number of pyridine rings is 1. The van der Waals surface area contributed by atoms with E-state index in [0.29, 0.717) is 22.8 Å². The molecule has 1 aromatic heterocycles. The third-order valence-electron chi connectivity index (χ3n) is 5.31. The zero-order valence-corrected chi connectivity index (χ0v) is 19.0. The van der Waals surface area contributed by atoms with E-state index in [1.165, 1.54) is 12.1 Å². The van der Waals surface area contributed by atoms with Crippen LogP contribution in [0.5, 0.6) is 11.5 Å². The Labute approximate surface area is 201 Å². The van der Waals surface area contributed by atoms with Crippen LogP contribution >= 0.6 is 11.6 Å². The fourth-order valence-electron chi connectivity index (χ4n) is 3.62. The van der Waals surface area contributed by atoms with Crippen LogP contribution in [0.2, 0.25) is 5.02 Å². The normalized spacial score (nSPS) is 13.9. The fraction of sp³-hybridized carbons (Fsp3) is 0.269. The van der Waals surface area contributed by atoms with Gasteiger partial charge in [0.05, 0.1) is 0 Å². The number of ether oxygens (including phenoxy) is 2. The molecule has 8 heteroatoms. The summed E-state index contributed by atoms with van der Waals surface area (Å²) in [5, 5.41) is 0.649. The Morgan fingerprint density at radius 2 is 1.65 bits per heavy atom. The van der Waals surface area contributed by atoms with Crippen LogP contribution in [0.3, 0.4) is 0 Å². The van der Waals surface area contributed by atoms with E-state index in [0.717, 1.165) is 37.1 Å². The van der Waals surface area contributed by atoms with Crippen molar-refractivity contribution in [3.63, 3.8) is 0 Å². The Kier molecular flexibility index (Phi) is 7.61. The molecular weight excluding hydrogens is 465 g/mol. The lowest BCUT2D eigenvalue weighted by molar-refractivity contribution is -0.275. The minimum Gasteiger partial charge on any atom is -0.488 e. The molecule has 4 rings (SSSR count). The summed E-state index contributed by atoms with van der Waals surface area (Å²) in [5.41, 5.74) is 2.71. The molecule has 2 heterocycles. The predicted octanol–water partition coefficient (Wildman–Crippen LogP) is 6.18. The molecule has 4 nitrogen and oxygen atoms in total. The summed E-state index contributed by atoms with van der Waals surface area (Å²) < 4.78 is 48.6. The Morgan fingerprint density at radius 1 is 0.912 bits per heavy atom. The van der Waals surface area contributed by atoms with Gasteiger partial charge in [0.15, 0.2) is 11.5 Å². The van der Waals surface area contributed by atoms with Crippen molar-refractivity contribution in [2.24, 2.45) is 0 Å². The van der Waals surface area contributed by atoms with Crippen molar-refractivity contribution in [3.8, 4) is 34.5 Å². The summed E-state index contributed by atoms with van der Waals surface area (Å²) in [6.45, 7) is 2.91. The highest BCUT2D eigenvalue weighted by atomic mass is 35.5. The van der Waals surface area contributed by atoms with E-state index in [4.69, 9.17) is 16.3 Å². The molecule has 1 aliphatic heterocycles. The Morgan fingerprint density at radius 3 is 2.32 bits per heavy atom. The molecular formula is C26H22ClF3N2O2. The van der Waals surface area contributed by atoms with Crippen LogP contribution in [0.25, 0.3) is 11.1 Å². The van der Waals surface area contributed by atoms with Crippen LogP contribution < -0.4 is 9.47 Å². The highest BCUT2D eigenvalue weighted by molar-refractivity contribution is 6.30. The highest BCUT2D eigenvalue weighted by Gasteiger charge is 2.32. The second kappa shape index (κ2) is 10.8. The van der Waals surface area contributed by atoms with Gasteiger partial charge < -0.3 is 9.47 Å². The summed E-state index contributed by atoms with van der Waals surface area (Å²) in [4.78, 5) is 6.54. The summed E-state index contributed by atoms with van der Waals surface area (Å²) in [7, 11) is 0. The van der Waals surface area contributed by atoms with Gasteiger partial charge in [-0.25, -0.2) is 4.98 Å². The van der Waals surface area contributed by atoms with Crippen molar-refractivity contribution in [2.75, 3.05) is 26.2 Å². The van der Waals surface area contributed by atoms with E-state index < -0.39 is 12.1 Å². The standard InChI is InChI=1S/C26H22ClF3N2O2/c27-22-8-5-20(6-9-22)21-7-11-23(31-18-21)10-3-19-4-12-24(25(17-19)34-26(28,29)30)33-16-15-32-13-1-2-14-32/h4-9,11-12,17-18H,1-2,13-16H2. The number of rotatable bonds is 6. The molecule has 176 valence electrons. The fourth-order valence-corrected chi connectivity index (χ4v) is 3.74. The Bertz CT molecular complexity index is 1160. The molecule has 1 aliphatic rings. The van der Waals surface area contributed by atoms with E-state index in [1.54, 1.807) is 30.5 Å². The smallest absolute Gasteiger partial charge is 0.488 e. The van der Waals surface area contributed by atoms with E-state index in [-0.39, 0.29) is 12.4 Å². The van der Waals surface area contributed by atoms with E-state index in [9.17, 15) is 13.2 Å². The van der Waals surface area contributed by atoms with E-state index >= 15 is 0 Å². The molecule has 0 spiro atoms. The van der Waals surface area contributed by atoms with Gasteiger partial charge in [-0.2, -0.15) is 0 Å². The number of benzene rings is 2. The number of nitrogens with zero attached hydrogens (tertiary/aromatic N) is 2. The molecule has 0 unspecified atom stereocenters. The van der Waals surface area contributed by atoms with Crippen molar-refractivity contribution >= 4 is 11.6 Å². The van der Waals surface area contributed by atoms with Gasteiger partial charge in [0.1, 0.15) is 12.3 Å². The predicted molar refractivity (Wildman–Crippen MR) is 125 cm³/mol.